The first kappa shape index (κ1) is 21.9. The Morgan fingerprint density at radius 2 is 1.96 bits per heavy atom. The molecule has 27 heavy (non-hydrogen) atoms. The number of nitrogens with zero attached hydrogens (tertiary/aromatic N) is 1. The summed E-state index contributed by atoms with van der Waals surface area (Å²) < 4.78 is 5.52. The number of hydrogen-bond acceptors (Lipinski definition) is 4. The van der Waals surface area contributed by atoms with Crippen molar-refractivity contribution in [3.8, 4) is 0 Å². The maximum Gasteiger partial charge on any atom is 0.410 e. The molecule has 5 nitrogen and oxygen atoms in total. The van der Waals surface area contributed by atoms with Crippen molar-refractivity contribution in [1.29, 1.82) is 0 Å². The lowest BCUT2D eigenvalue weighted by Crippen LogP contribution is -2.38. The molecule has 0 radical (unpaired) electrons. The summed E-state index contributed by atoms with van der Waals surface area (Å²) in [4.78, 5) is 26.6. The molecule has 1 aromatic rings. The highest BCUT2D eigenvalue weighted by atomic mass is 35.5. The quantitative estimate of drug-likeness (QED) is 0.578. The summed E-state index contributed by atoms with van der Waals surface area (Å²) in [5.41, 5.74) is 1.96. The van der Waals surface area contributed by atoms with Crippen molar-refractivity contribution >= 4 is 35.4 Å². The summed E-state index contributed by atoms with van der Waals surface area (Å²) in [5, 5.41) is 3.38. The average Bonchev–Trinajstić information content (AvgIpc) is 2.81. The molecule has 2 amide bonds. The topological polar surface area (TPSA) is 58.6 Å². The molecule has 0 unspecified atom stereocenters. The fourth-order valence-electron chi connectivity index (χ4n) is 2.96. The number of benzene rings is 1. The second kappa shape index (κ2) is 9.69. The minimum atomic E-state index is -0.495. The molecule has 1 heterocycles. The Morgan fingerprint density at radius 1 is 1.26 bits per heavy atom. The zero-order valence-corrected chi connectivity index (χ0v) is 18.1. The van der Waals surface area contributed by atoms with Gasteiger partial charge in [-0.05, 0) is 63.0 Å². The average molecular weight is 413 g/mol. The van der Waals surface area contributed by atoms with Crippen molar-refractivity contribution in [3.63, 3.8) is 0 Å². The van der Waals surface area contributed by atoms with Crippen molar-refractivity contribution in [2.45, 2.75) is 57.0 Å². The van der Waals surface area contributed by atoms with E-state index in [1.807, 2.05) is 26.8 Å². The maximum absolute atomic E-state index is 12.4. The summed E-state index contributed by atoms with van der Waals surface area (Å²) in [6, 6.07) is 4.00. The van der Waals surface area contributed by atoms with E-state index in [9.17, 15) is 9.59 Å². The smallest absolute Gasteiger partial charge is 0.410 e. The van der Waals surface area contributed by atoms with Gasteiger partial charge >= 0.3 is 6.09 Å². The van der Waals surface area contributed by atoms with Crippen LogP contribution in [0.2, 0.25) is 5.02 Å². The van der Waals surface area contributed by atoms with Crippen LogP contribution in [0.15, 0.2) is 17.0 Å². The molecule has 1 aliphatic rings. The summed E-state index contributed by atoms with van der Waals surface area (Å²) >= 11 is 8.16. The molecule has 0 saturated carbocycles. The van der Waals surface area contributed by atoms with Gasteiger partial charge in [0.1, 0.15) is 5.60 Å². The van der Waals surface area contributed by atoms with Crippen LogP contribution in [0.3, 0.4) is 0 Å². The first-order valence-electron chi connectivity index (χ1n) is 9.33. The van der Waals surface area contributed by atoms with Gasteiger partial charge in [-0.25, -0.2) is 4.79 Å². The lowest BCUT2D eigenvalue weighted by Gasteiger charge is -2.26. The Bertz CT molecular complexity index is 689. The van der Waals surface area contributed by atoms with Gasteiger partial charge in [-0.1, -0.05) is 17.7 Å². The Balaban J connectivity index is 2.04. The van der Waals surface area contributed by atoms with E-state index in [0.29, 0.717) is 19.5 Å². The zero-order chi connectivity index (χ0) is 20.0. The molecule has 0 aliphatic carbocycles. The number of thioether (sulfide) groups is 1. The number of carbonyl (C=O) groups is 2. The molecule has 0 aromatic heterocycles. The highest BCUT2D eigenvalue weighted by molar-refractivity contribution is 7.99. The molecule has 7 heteroatoms. The molecule has 150 valence electrons. The van der Waals surface area contributed by atoms with Crippen molar-refractivity contribution in [3.05, 3.63) is 28.3 Å². The second-order valence-electron chi connectivity index (χ2n) is 7.61. The molecule has 0 fully saturated rings. The fraction of sp³-hybridized carbons (Fsp3) is 0.600. The Hall–Kier alpha value is -1.40. The zero-order valence-electron chi connectivity index (χ0n) is 16.6. The molecule has 1 N–H and O–H groups in total. The molecular weight excluding hydrogens is 384 g/mol. The second-order valence-corrected chi connectivity index (χ2v) is 9.12. The fourth-order valence-corrected chi connectivity index (χ4v) is 4.41. The van der Waals surface area contributed by atoms with Gasteiger partial charge in [-0.3, -0.25) is 4.79 Å². The van der Waals surface area contributed by atoms with Gasteiger partial charge in [-0.15, -0.1) is 11.8 Å². The predicted octanol–water partition coefficient (Wildman–Crippen LogP) is 4.29. The monoisotopic (exact) mass is 412 g/mol. The number of fused-ring (bicyclic) bond motifs is 1. The third-order valence-electron chi connectivity index (χ3n) is 4.32. The lowest BCUT2D eigenvalue weighted by molar-refractivity contribution is -0.120. The summed E-state index contributed by atoms with van der Waals surface area (Å²) in [6.45, 7) is 6.90. The van der Waals surface area contributed by atoms with Gasteiger partial charge in [0.2, 0.25) is 5.91 Å². The third-order valence-corrected chi connectivity index (χ3v) is 5.99. The van der Waals surface area contributed by atoms with E-state index in [0.717, 1.165) is 34.9 Å². The van der Waals surface area contributed by atoms with Gasteiger partial charge < -0.3 is 15.0 Å². The number of nitrogens with one attached hydrogen (secondary N) is 1. The SMILES string of the molecule is CNC(=O)CCCSc1c(Cl)ccc2c1CCN(C(=O)OC(C)(C)C)CC2. The van der Waals surface area contributed by atoms with Crippen LogP contribution < -0.4 is 5.32 Å². The van der Waals surface area contributed by atoms with Crippen LogP contribution in [-0.4, -0.2) is 48.4 Å². The van der Waals surface area contributed by atoms with Crippen molar-refractivity contribution in [2.75, 3.05) is 25.9 Å². The van der Waals surface area contributed by atoms with Crippen LogP contribution >= 0.6 is 23.4 Å². The van der Waals surface area contributed by atoms with E-state index in [1.165, 1.54) is 11.1 Å². The number of ether oxygens (including phenoxy) is 1. The Labute approximate surface area is 171 Å². The Kier molecular flexibility index (Phi) is 7.86. The van der Waals surface area contributed by atoms with Gasteiger partial charge in [0, 0.05) is 31.5 Å². The van der Waals surface area contributed by atoms with Crippen LogP contribution in [0.4, 0.5) is 4.79 Å². The van der Waals surface area contributed by atoms with Gasteiger partial charge in [0.05, 0.1) is 5.02 Å². The van der Waals surface area contributed by atoms with E-state index in [1.54, 1.807) is 23.7 Å². The highest BCUT2D eigenvalue weighted by Crippen LogP contribution is 2.35. The van der Waals surface area contributed by atoms with Crippen LogP contribution in [0.1, 0.15) is 44.7 Å². The van der Waals surface area contributed by atoms with E-state index in [2.05, 4.69) is 11.4 Å². The first-order valence-corrected chi connectivity index (χ1v) is 10.7. The maximum atomic E-state index is 12.4. The molecule has 0 atom stereocenters. The number of hydrogen-bond donors (Lipinski definition) is 1. The van der Waals surface area contributed by atoms with E-state index in [4.69, 9.17) is 16.3 Å². The van der Waals surface area contributed by atoms with Gasteiger partial charge in [0.25, 0.3) is 0 Å². The molecule has 0 saturated heterocycles. The highest BCUT2D eigenvalue weighted by Gasteiger charge is 2.25. The van der Waals surface area contributed by atoms with Crippen molar-refractivity contribution < 1.29 is 14.3 Å². The van der Waals surface area contributed by atoms with Gasteiger partial charge in [-0.2, -0.15) is 0 Å². The van der Waals surface area contributed by atoms with Crippen LogP contribution in [-0.2, 0) is 22.4 Å². The number of carbonyl (C=O) groups excluding carboxylic acids is 2. The van der Waals surface area contributed by atoms with Crippen LogP contribution in [0.5, 0.6) is 0 Å². The van der Waals surface area contributed by atoms with E-state index >= 15 is 0 Å². The number of amides is 2. The minimum Gasteiger partial charge on any atom is -0.444 e. The lowest BCUT2D eigenvalue weighted by atomic mass is 10.0. The molecule has 0 spiro atoms. The number of halogens is 1. The first-order chi connectivity index (χ1) is 12.7. The Morgan fingerprint density at radius 3 is 2.63 bits per heavy atom. The summed E-state index contributed by atoms with van der Waals surface area (Å²) in [5.74, 6) is 0.890. The van der Waals surface area contributed by atoms with Crippen molar-refractivity contribution in [1.82, 2.24) is 10.2 Å². The largest absolute Gasteiger partial charge is 0.444 e. The van der Waals surface area contributed by atoms with Gasteiger partial charge in [0.15, 0.2) is 0 Å². The molecule has 1 aromatic carbocycles. The summed E-state index contributed by atoms with van der Waals surface area (Å²) in [7, 11) is 1.65. The predicted molar refractivity (Wildman–Crippen MR) is 111 cm³/mol. The normalized spacial score (nSPS) is 14.3. The van der Waals surface area contributed by atoms with Crippen molar-refractivity contribution in [2.24, 2.45) is 0 Å². The molecule has 1 aliphatic heterocycles. The van der Waals surface area contributed by atoms with Crippen LogP contribution in [0, 0.1) is 0 Å². The minimum absolute atomic E-state index is 0.0570. The van der Waals surface area contributed by atoms with Crippen LogP contribution in [0.25, 0.3) is 0 Å². The summed E-state index contributed by atoms with van der Waals surface area (Å²) in [6.07, 6.45) is 2.60. The standard InChI is InChI=1S/C20H29ClN2O3S/c1-20(2,3)26-19(25)23-11-9-14-7-8-16(21)18(15(14)10-12-23)27-13-5-6-17(24)22-4/h7-8H,5-6,9-13H2,1-4H3,(H,22,24). The molecule has 2 rings (SSSR count). The molecule has 0 bridgehead atoms. The van der Waals surface area contributed by atoms with E-state index in [-0.39, 0.29) is 12.0 Å². The van der Waals surface area contributed by atoms with E-state index < -0.39 is 5.60 Å². The third kappa shape index (κ3) is 6.61. The molecular formula is C20H29ClN2O3S. The number of rotatable bonds is 5.